The number of thioether (sulfide) groups is 1. The summed E-state index contributed by atoms with van der Waals surface area (Å²) in [5.74, 6) is 0.624. The Morgan fingerprint density at radius 1 is 1.24 bits per heavy atom. The molecule has 1 atom stereocenters. The molecule has 1 aliphatic carbocycles. The van der Waals surface area contributed by atoms with Gasteiger partial charge in [-0.25, -0.2) is 0 Å². The lowest BCUT2D eigenvalue weighted by Gasteiger charge is -2.21. The van der Waals surface area contributed by atoms with Crippen LogP contribution in [0.1, 0.15) is 44.7 Å². The van der Waals surface area contributed by atoms with Crippen LogP contribution in [0, 0.1) is 0 Å². The van der Waals surface area contributed by atoms with Crippen molar-refractivity contribution in [1.29, 1.82) is 0 Å². The number of hydrogen-bond donors (Lipinski definition) is 1. The first-order valence-corrected chi connectivity index (χ1v) is 10.3. The number of anilines is 1. The monoisotopic (exact) mass is 377 g/mol. The molecule has 2 aromatic rings. The minimum Gasteiger partial charge on any atom is -0.481 e. The number of ether oxygens (including phenoxy) is 1. The van der Waals surface area contributed by atoms with Crippen LogP contribution >= 0.6 is 23.1 Å². The zero-order valence-corrected chi connectivity index (χ0v) is 16.4. The van der Waals surface area contributed by atoms with Gasteiger partial charge >= 0.3 is 0 Å². The van der Waals surface area contributed by atoms with Gasteiger partial charge in [-0.15, -0.1) is 10.2 Å². The summed E-state index contributed by atoms with van der Waals surface area (Å²) in [6, 6.07) is 6.11. The van der Waals surface area contributed by atoms with Crippen LogP contribution in [0.2, 0.25) is 0 Å². The van der Waals surface area contributed by atoms with Gasteiger partial charge in [-0.2, -0.15) is 0 Å². The molecule has 1 aromatic heterocycles. The number of nitrogens with zero attached hydrogens (tertiary/aromatic N) is 2. The number of nitrogens with one attached hydrogen (secondary N) is 1. The van der Waals surface area contributed by atoms with E-state index in [1.165, 1.54) is 35.3 Å². The van der Waals surface area contributed by atoms with E-state index in [0.29, 0.717) is 10.4 Å². The van der Waals surface area contributed by atoms with Gasteiger partial charge in [-0.05, 0) is 49.8 Å². The van der Waals surface area contributed by atoms with Gasteiger partial charge in [0, 0.05) is 5.25 Å². The molecule has 25 heavy (non-hydrogen) atoms. The number of aryl methyl sites for hydroxylation is 1. The van der Waals surface area contributed by atoms with E-state index in [1.807, 2.05) is 12.1 Å². The highest BCUT2D eigenvalue weighted by atomic mass is 32.2. The van der Waals surface area contributed by atoms with E-state index in [0.717, 1.165) is 22.9 Å². The third kappa shape index (κ3) is 4.73. The van der Waals surface area contributed by atoms with Crippen molar-refractivity contribution in [1.82, 2.24) is 10.2 Å². The molecule has 0 saturated carbocycles. The number of benzene rings is 1. The second kappa shape index (κ2) is 8.19. The molecule has 0 fully saturated rings. The number of hydrogen-bond acceptors (Lipinski definition) is 6. The third-order valence-electron chi connectivity index (χ3n) is 4.00. The molecule has 0 bridgehead atoms. The van der Waals surface area contributed by atoms with E-state index < -0.39 is 6.10 Å². The van der Waals surface area contributed by atoms with Crippen molar-refractivity contribution in [2.45, 2.75) is 62.1 Å². The highest BCUT2D eigenvalue weighted by Crippen LogP contribution is 2.31. The Morgan fingerprint density at radius 2 is 2.04 bits per heavy atom. The average molecular weight is 378 g/mol. The molecular weight excluding hydrogens is 354 g/mol. The molecule has 0 aliphatic heterocycles. The maximum Gasteiger partial charge on any atom is 0.266 e. The number of amides is 1. The Kier molecular flexibility index (Phi) is 5.96. The van der Waals surface area contributed by atoms with Crippen molar-refractivity contribution in [3.63, 3.8) is 0 Å². The fourth-order valence-corrected chi connectivity index (χ4v) is 4.80. The van der Waals surface area contributed by atoms with Gasteiger partial charge in [0.05, 0.1) is 0 Å². The lowest BCUT2D eigenvalue weighted by molar-refractivity contribution is -0.122. The average Bonchev–Trinajstić information content (AvgIpc) is 3.01. The van der Waals surface area contributed by atoms with Gasteiger partial charge < -0.3 is 4.74 Å². The largest absolute Gasteiger partial charge is 0.481 e. The van der Waals surface area contributed by atoms with Gasteiger partial charge in [-0.3, -0.25) is 10.1 Å². The Balaban J connectivity index is 1.62. The Labute approximate surface area is 156 Å². The summed E-state index contributed by atoms with van der Waals surface area (Å²) in [4.78, 5) is 12.4. The first-order chi connectivity index (χ1) is 12.0. The normalized spacial score (nSPS) is 14.9. The SMILES string of the molecule is CC(C)Sc1nnc(NC(=O)C(C)Oc2cccc3c2CCCC3)s1. The van der Waals surface area contributed by atoms with E-state index >= 15 is 0 Å². The van der Waals surface area contributed by atoms with Gasteiger partial charge in [0.25, 0.3) is 5.91 Å². The van der Waals surface area contributed by atoms with Crippen molar-refractivity contribution >= 4 is 34.1 Å². The summed E-state index contributed by atoms with van der Waals surface area (Å²) in [6.45, 7) is 5.96. The molecule has 0 saturated heterocycles. The summed E-state index contributed by atoms with van der Waals surface area (Å²) in [7, 11) is 0. The number of rotatable bonds is 6. The van der Waals surface area contributed by atoms with Crippen LogP contribution in [-0.4, -0.2) is 27.5 Å². The molecule has 1 unspecified atom stereocenters. The van der Waals surface area contributed by atoms with E-state index in [-0.39, 0.29) is 5.91 Å². The Bertz CT molecular complexity index is 746. The minimum absolute atomic E-state index is 0.203. The molecule has 1 N–H and O–H groups in total. The Hall–Kier alpha value is -1.60. The molecule has 1 amide bonds. The minimum atomic E-state index is -0.585. The van der Waals surface area contributed by atoms with Crippen molar-refractivity contribution in [2.75, 3.05) is 5.32 Å². The highest BCUT2D eigenvalue weighted by molar-refractivity contribution is 8.01. The molecule has 1 aliphatic rings. The van der Waals surface area contributed by atoms with Crippen molar-refractivity contribution in [2.24, 2.45) is 0 Å². The fraction of sp³-hybridized carbons (Fsp3) is 0.500. The molecule has 3 rings (SSSR count). The number of carbonyl (C=O) groups excluding carboxylic acids is 1. The summed E-state index contributed by atoms with van der Waals surface area (Å²) < 4.78 is 6.81. The molecular formula is C18H23N3O2S2. The van der Waals surface area contributed by atoms with Gasteiger partial charge in [0.1, 0.15) is 5.75 Å². The van der Waals surface area contributed by atoms with Crippen LogP contribution in [-0.2, 0) is 17.6 Å². The summed E-state index contributed by atoms with van der Waals surface area (Å²) >= 11 is 3.02. The molecule has 1 heterocycles. The second-order valence-electron chi connectivity index (χ2n) is 6.39. The molecule has 0 spiro atoms. The molecule has 5 nitrogen and oxygen atoms in total. The molecule has 134 valence electrons. The van der Waals surface area contributed by atoms with Crippen LogP contribution in [0.15, 0.2) is 22.5 Å². The van der Waals surface area contributed by atoms with Crippen molar-refractivity contribution < 1.29 is 9.53 Å². The van der Waals surface area contributed by atoms with E-state index in [1.54, 1.807) is 18.7 Å². The van der Waals surface area contributed by atoms with Gasteiger partial charge in [0.2, 0.25) is 5.13 Å². The molecule has 1 aromatic carbocycles. The fourth-order valence-electron chi connectivity index (χ4n) is 2.82. The maximum atomic E-state index is 12.4. The first kappa shape index (κ1) is 18.2. The van der Waals surface area contributed by atoms with Crippen LogP contribution in [0.3, 0.4) is 0 Å². The standard InChI is InChI=1S/C18H23N3O2S2/c1-11(2)24-18-21-20-17(25-18)19-16(22)12(3)23-15-10-6-8-13-7-4-5-9-14(13)15/h6,8,10-12H,4-5,7,9H2,1-3H3,(H,19,20,22). The number of carbonyl (C=O) groups is 1. The molecule has 0 radical (unpaired) electrons. The predicted molar refractivity (Wildman–Crippen MR) is 103 cm³/mol. The summed E-state index contributed by atoms with van der Waals surface area (Å²) in [5, 5.41) is 11.9. The topological polar surface area (TPSA) is 64.1 Å². The second-order valence-corrected chi connectivity index (χ2v) is 9.19. The lowest BCUT2D eigenvalue weighted by Crippen LogP contribution is -2.30. The lowest BCUT2D eigenvalue weighted by atomic mass is 9.91. The van der Waals surface area contributed by atoms with E-state index in [9.17, 15) is 4.79 Å². The summed E-state index contributed by atoms with van der Waals surface area (Å²) in [5.41, 5.74) is 2.59. The number of fused-ring (bicyclic) bond motifs is 1. The van der Waals surface area contributed by atoms with E-state index in [2.05, 4.69) is 35.4 Å². The van der Waals surface area contributed by atoms with Gasteiger partial charge in [-0.1, -0.05) is 49.1 Å². The number of aromatic nitrogens is 2. The molecule has 7 heteroatoms. The van der Waals surface area contributed by atoms with Crippen LogP contribution in [0.5, 0.6) is 5.75 Å². The van der Waals surface area contributed by atoms with E-state index in [4.69, 9.17) is 4.74 Å². The first-order valence-electron chi connectivity index (χ1n) is 8.61. The predicted octanol–water partition coefficient (Wildman–Crippen LogP) is 4.32. The maximum absolute atomic E-state index is 12.4. The zero-order valence-electron chi connectivity index (χ0n) is 14.7. The van der Waals surface area contributed by atoms with Crippen LogP contribution in [0.4, 0.5) is 5.13 Å². The summed E-state index contributed by atoms with van der Waals surface area (Å²) in [6.07, 6.45) is 3.92. The smallest absolute Gasteiger partial charge is 0.266 e. The zero-order chi connectivity index (χ0) is 17.8. The third-order valence-corrected chi connectivity index (χ3v) is 5.93. The van der Waals surface area contributed by atoms with Crippen LogP contribution in [0.25, 0.3) is 0 Å². The van der Waals surface area contributed by atoms with Crippen LogP contribution < -0.4 is 10.1 Å². The van der Waals surface area contributed by atoms with Crippen molar-refractivity contribution in [3.8, 4) is 5.75 Å². The highest BCUT2D eigenvalue weighted by Gasteiger charge is 2.20. The van der Waals surface area contributed by atoms with Gasteiger partial charge in [0.15, 0.2) is 10.4 Å². The van der Waals surface area contributed by atoms with Crippen molar-refractivity contribution in [3.05, 3.63) is 29.3 Å². The Morgan fingerprint density at radius 3 is 2.84 bits per heavy atom. The quantitative estimate of drug-likeness (QED) is 0.600.